The summed E-state index contributed by atoms with van der Waals surface area (Å²) >= 11 is 0. The average Bonchev–Trinajstić information content (AvgIpc) is 2.47. The molecule has 7 heteroatoms. The number of halogens is 3. The first-order valence-corrected chi connectivity index (χ1v) is 4.26. The molecule has 0 bridgehead atoms. The maximum Gasteiger partial charge on any atom is 0.451 e. The highest BCUT2D eigenvalue weighted by Crippen LogP contribution is 2.31. The molecule has 2 rings (SSSR count). The molecule has 2 N–H and O–H groups in total. The molecule has 2 heterocycles. The van der Waals surface area contributed by atoms with Gasteiger partial charge in [0, 0.05) is 6.54 Å². The van der Waals surface area contributed by atoms with Crippen molar-refractivity contribution < 1.29 is 13.2 Å². The van der Waals surface area contributed by atoms with Crippen LogP contribution in [-0.2, 0) is 12.7 Å². The SMILES string of the molecule is N[C@H]1CCCn2c1nnc2C(F)(F)F. The van der Waals surface area contributed by atoms with Gasteiger partial charge in [0.2, 0.25) is 5.82 Å². The van der Waals surface area contributed by atoms with Crippen molar-refractivity contribution in [3.8, 4) is 0 Å². The van der Waals surface area contributed by atoms with Gasteiger partial charge in [0.1, 0.15) is 5.82 Å². The Morgan fingerprint density at radius 2 is 2.07 bits per heavy atom. The molecule has 0 aliphatic carbocycles. The average molecular weight is 206 g/mol. The Bertz CT molecular complexity index is 343. The van der Waals surface area contributed by atoms with E-state index >= 15 is 0 Å². The van der Waals surface area contributed by atoms with Crippen LogP contribution in [0, 0.1) is 0 Å². The molecule has 0 amide bonds. The maximum absolute atomic E-state index is 12.4. The van der Waals surface area contributed by atoms with Crippen molar-refractivity contribution >= 4 is 0 Å². The number of alkyl halides is 3. The first-order valence-electron chi connectivity index (χ1n) is 4.26. The van der Waals surface area contributed by atoms with Crippen LogP contribution >= 0.6 is 0 Å². The van der Waals surface area contributed by atoms with E-state index in [2.05, 4.69) is 10.2 Å². The molecule has 0 fully saturated rings. The van der Waals surface area contributed by atoms with Gasteiger partial charge in [0.05, 0.1) is 6.04 Å². The van der Waals surface area contributed by atoms with Gasteiger partial charge in [0.25, 0.3) is 0 Å². The highest BCUT2D eigenvalue weighted by molar-refractivity contribution is 5.05. The van der Waals surface area contributed by atoms with Gasteiger partial charge in [-0.1, -0.05) is 0 Å². The first-order chi connectivity index (χ1) is 6.50. The molecule has 14 heavy (non-hydrogen) atoms. The number of hydrogen-bond donors (Lipinski definition) is 1. The lowest BCUT2D eigenvalue weighted by atomic mass is 10.1. The smallest absolute Gasteiger partial charge is 0.321 e. The van der Waals surface area contributed by atoms with E-state index in [0.717, 1.165) is 4.57 Å². The van der Waals surface area contributed by atoms with Crippen LogP contribution < -0.4 is 5.73 Å². The highest BCUT2D eigenvalue weighted by atomic mass is 19.4. The fourth-order valence-corrected chi connectivity index (χ4v) is 1.62. The molecule has 0 radical (unpaired) electrons. The van der Waals surface area contributed by atoms with Crippen LogP contribution in [0.3, 0.4) is 0 Å². The minimum Gasteiger partial charge on any atom is -0.321 e. The van der Waals surface area contributed by atoms with Crippen LogP contribution in [0.4, 0.5) is 13.2 Å². The summed E-state index contributed by atoms with van der Waals surface area (Å²) in [4.78, 5) is 0. The monoisotopic (exact) mass is 206 g/mol. The Hall–Kier alpha value is -1.11. The number of nitrogens with two attached hydrogens (primary N) is 1. The van der Waals surface area contributed by atoms with E-state index in [1.165, 1.54) is 0 Å². The molecule has 1 aliphatic heterocycles. The summed E-state index contributed by atoms with van der Waals surface area (Å²) < 4.78 is 38.2. The van der Waals surface area contributed by atoms with Crippen molar-refractivity contribution in [2.75, 3.05) is 0 Å². The van der Waals surface area contributed by atoms with E-state index in [1.807, 2.05) is 0 Å². The van der Waals surface area contributed by atoms with Crippen molar-refractivity contribution in [3.05, 3.63) is 11.6 Å². The largest absolute Gasteiger partial charge is 0.451 e. The van der Waals surface area contributed by atoms with Gasteiger partial charge >= 0.3 is 6.18 Å². The second-order valence-corrected chi connectivity index (χ2v) is 3.28. The molecular formula is C7H9F3N4. The molecule has 0 saturated heterocycles. The third kappa shape index (κ3) is 1.37. The minimum absolute atomic E-state index is 0.239. The van der Waals surface area contributed by atoms with E-state index in [4.69, 9.17) is 5.73 Å². The van der Waals surface area contributed by atoms with Crippen molar-refractivity contribution in [3.63, 3.8) is 0 Å². The van der Waals surface area contributed by atoms with Gasteiger partial charge in [-0.3, -0.25) is 0 Å². The standard InChI is InChI=1S/C7H9F3N4/c8-7(9,10)6-13-12-5-4(11)2-1-3-14(5)6/h4H,1-3,11H2/t4-/m0/s1. The molecular weight excluding hydrogens is 197 g/mol. The van der Waals surface area contributed by atoms with Gasteiger partial charge in [-0.25, -0.2) is 0 Å². The topological polar surface area (TPSA) is 56.7 Å². The third-order valence-electron chi connectivity index (χ3n) is 2.26. The molecule has 1 aliphatic rings. The van der Waals surface area contributed by atoms with Crippen molar-refractivity contribution in [1.29, 1.82) is 0 Å². The van der Waals surface area contributed by atoms with Crippen molar-refractivity contribution in [2.45, 2.75) is 31.6 Å². The maximum atomic E-state index is 12.4. The third-order valence-corrected chi connectivity index (χ3v) is 2.26. The van der Waals surface area contributed by atoms with E-state index in [9.17, 15) is 13.2 Å². The van der Waals surface area contributed by atoms with Crippen LogP contribution in [0.1, 0.15) is 30.5 Å². The number of hydrogen-bond acceptors (Lipinski definition) is 3. The fourth-order valence-electron chi connectivity index (χ4n) is 1.62. The summed E-state index contributed by atoms with van der Waals surface area (Å²) in [5.41, 5.74) is 5.61. The summed E-state index contributed by atoms with van der Waals surface area (Å²) in [6.07, 6.45) is -3.15. The molecule has 0 saturated carbocycles. The molecule has 4 nitrogen and oxygen atoms in total. The van der Waals surface area contributed by atoms with Gasteiger partial charge in [-0.05, 0) is 12.8 Å². The number of nitrogens with zero attached hydrogens (tertiary/aromatic N) is 3. The number of rotatable bonds is 0. The zero-order valence-corrected chi connectivity index (χ0v) is 7.25. The zero-order chi connectivity index (χ0) is 10.3. The normalized spacial score (nSPS) is 22.1. The van der Waals surface area contributed by atoms with E-state index in [1.54, 1.807) is 0 Å². The van der Waals surface area contributed by atoms with Crippen molar-refractivity contribution in [1.82, 2.24) is 14.8 Å². The Balaban J connectivity index is 2.46. The second kappa shape index (κ2) is 2.94. The number of aromatic nitrogens is 3. The molecule has 78 valence electrons. The first kappa shape index (κ1) is 9.45. The van der Waals surface area contributed by atoms with E-state index < -0.39 is 18.0 Å². The van der Waals surface area contributed by atoms with Gasteiger partial charge in [-0.15, -0.1) is 10.2 Å². The van der Waals surface area contributed by atoms with E-state index in [0.29, 0.717) is 19.4 Å². The summed E-state index contributed by atoms with van der Waals surface area (Å²) in [5.74, 6) is -0.703. The quantitative estimate of drug-likeness (QED) is 0.691. The summed E-state index contributed by atoms with van der Waals surface area (Å²) in [6.45, 7) is 0.297. The lowest BCUT2D eigenvalue weighted by Gasteiger charge is -2.20. The molecule has 0 spiro atoms. The van der Waals surface area contributed by atoms with Crippen LogP contribution in [-0.4, -0.2) is 14.8 Å². The molecule has 0 aromatic carbocycles. The van der Waals surface area contributed by atoms with Crippen LogP contribution in [0.2, 0.25) is 0 Å². The van der Waals surface area contributed by atoms with Crippen LogP contribution in [0.25, 0.3) is 0 Å². The molecule has 1 aromatic rings. The lowest BCUT2D eigenvalue weighted by molar-refractivity contribution is -0.147. The highest BCUT2D eigenvalue weighted by Gasteiger charge is 2.39. The fraction of sp³-hybridized carbons (Fsp3) is 0.714. The zero-order valence-electron chi connectivity index (χ0n) is 7.25. The van der Waals surface area contributed by atoms with Gasteiger partial charge in [0.15, 0.2) is 0 Å². The Morgan fingerprint density at radius 1 is 1.36 bits per heavy atom. The summed E-state index contributed by atoms with van der Waals surface area (Å²) in [7, 11) is 0. The van der Waals surface area contributed by atoms with Gasteiger partial charge < -0.3 is 10.3 Å². The predicted molar refractivity (Wildman–Crippen MR) is 41.2 cm³/mol. The Labute approximate surface area is 77.9 Å². The number of fused-ring (bicyclic) bond motifs is 1. The van der Waals surface area contributed by atoms with Crippen molar-refractivity contribution in [2.24, 2.45) is 5.73 Å². The molecule has 1 aromatic heterocycles. The predicted octanol–water partition coefficient (Wildman–Crippen LogP) is 1.09. The van der Waals surface area contributed by atoms with Crippen LogP contribution in [0.15, 0.2) is 0 Å². The van der Waals surface area contributed by atoms with Crippen LogP contribution in [0.5, 0.6) is 0 Å². The lowest BCUT2D eigenvalue weighted by Crippen LogP contribution is -2.25. The Kier molecular flexibility index (Phi) is 1.99. The molecule has 1 atom stereocenters. The second-order valence-electron chi connectivity index (χ2n) is 3.28. The molecule has 0 unspecified atom stereocenters. The minimum atomic E-state index is -4.44. The van der Waals surface area contributed by atoms with Gasteiger partial charge in [-0.2, -0.15) is 13.2 Å². The Morgan fingerprint density at radius 3 is 2.71 bits per heavy atom. The summed E-state index contributed by atoms with van der Waals surface area (Å²) in [6, 6.07) is -0.424. The van der Waals surface area contributed by atoms with E-state index in [-0.39, 0.29) is 5.82 Å². The summed E-state index contributed by atoms with van der Waals surface area (Å²) in [5, 5.41) is 6.60.